The molecule has 0 aliphatic carbocycles. The lowest BCUT2D eigenvalue weighted by Gasteiger charge is -2.25. The molecule has 0 saturated heterocycles. The Morgan fingerprint density at radius 1 is 1.14 bits per heavy atom. The number of hydrogen-bond donors (Lipinski definition) is 1. The molecule has 0 aromatic heterocycles. The number of aliphatic hydroxyl groups excluding tert-OH is 1. The van der Waals surface area contributed by atoms with Crippen LogP contribution in [-0.2, 0) is 6.61 Å². The third-order valence-electron chi connectivity index (χ3n) is 3.47. The van der Waals surface area contributed by atoms with Gasteiger partial charge in [-0.3, -0.25) is 0 Å². The Kier molecular flexibility index (Phi) is 3.75. The first kappa shape index (κ1) is 13.8. The summed E-state index contributed by atoms with van der Waals surface area (Å²) in [4.78, 5) is 1.59. The molecule has 0 radical (unpaired) electrons. The van der Waals surface area contributed by atoms with E-state index in [9.17, 15) is 8.78 Å². The molecule has 2 aromatic rings. The van der Waals surface area contributed by atoms with Crippen molar-refractivity contribution in [2.75, 3.05) is 18.1 Å². The Bertz CT molecular complexity index is 637. The highest BCUT2D eigenvalue weighted by Gasteiger charge is 2.23. The largest absolute Gasteiger partial charge is 0.491 e. The number of nitrogens with zero attached hydrogens (tertiary/aromatic N) is 1. The highest BCUT2D eigenvalue weighted by Crippen LogP contribution is 2.38. The summed E-state index contributed by atoms with van der Waals surface area (Å²) in [7, 11) is 0. The van der Waals surface area contributed by atoms with E-state index in [4.69, 9.17) is 9.84 Å². The second kappa shape index (κ2) is 5.69. The molecule has 3 nitrogen and oxygen atoms in total. The van der Waals surface area contributed by atoms with Gasteiger partial charge >= 0.3 is 0 Å². The number of anilines is 2. The van der Waals surface area contributed by atoms with Crippen LogP contribution in [0.1, 0.15) is 12.0 Å². The molecule has 1 aliphatic heterocycles. The van der Waals surface area contributed by atoms with Gasteiger partial charge < -0.3 is 14.7 Å². The average molecular weight is 291 g/mol. The van der Waals surface area contributed by atoms with Gasteiger partial charge in [0.15, 0.2) is 0 Å². The molecule has 0 amide bonds. The lowest BCUT2D eigenvalue weighted by molar-refractivity contribution is 0.280. The number of hydrogen-bond acceptors (Lipinski definition) is 3. The van der Waals surface area contributed by atoms with Crippen molar-refractivity contribution in [3.8, 4) is 5.75 Å². The molecule has 1 heterocycles. The Morgan fingerprint density at radius 2 is 1.86 bits per heavy atom. The normalized spacial score (nSPS) is 14.3. The Labute approximate surface area is 121 Å². The van der Waals surface area contributed by atoms with Gasteiger partial charge in [0, 0.05) is 6.54 Å². The topological polar surface area (TPSA) is 32.7 Å². The number of benzene rings is 2. The van der Waals surface area contributed by atoms with Crippen molar-refractivity contribution in [1.82, 2.24) is 0 Å². The molecular formula is C16H15F2NO2. The fraction of sp³-hybridized carbons (Fsp3) is 0.250. The molecular weight excluding hydrogens is 276 g/mol. The van der Waals surface area contributed by atoms with E-state index in [0.717, 1.165) is 12.1 Å². The minimum atomic E-state index is -0.684. The first-order chi connectivity index (χ1) is 10.2. The molecule has 21 heavy (non-hydrogen) atoms. The van der Waals surface area contributed by atoms with Crippen LogP contribution in [0.4, 0.5) is 20.2 Å². The van der Waals surface area contributed by atoms with Gasteiger partial charge in [0.25, 0.3) is 0 Å². The van der Waals surface area contributed by atoms with E-state index in [-0.39, 0.29) is 11.3 Å². The fourth-order valence-electron chi connectivity index (χ4n) is 2.53. The van der Waals surface area contributed by atoms with Gasteiger partial charge in [0.1, 0.15) is 23.1 Å². The van der Waals surface area contributed by atoms with Crippen LogP contribution in [-0.4, -0.2) is 18.3 Å². The average Bonchev–Trinajstić information content (AvgIpc) is 2.69. The van der Waals surface area contributed by atoms with Crippen molar-refractivity contribution in [3.63, 3.8) is 0 Å². The number of aliphatic hydroxyl groups is 1. The molecule has 0 saturated carbocycles. The third-order valence-corrected chi connectivity index (χ3v) is 3.47. The molecule has 0 spiro atoms. The standard InChI is InChI=1S/C16H15F2NO2/c17-12-8-11(10-20)9-13(18)16(12)19-6-3-7-21-15-5-2-1-4-14(15)19/h1-2,4-5,8-9,20H,3,6-7,10H2. The molecule has 3 rings (SSSR count). The summed E-state index contributed by atoms with van der Waals surface area (Å²) in [5, 5.41) is 9.02. The van der Waals surface area contributed by atoms with E-state index in [2.05, 4.69) is 0 Å². The van der Waals surface area contributed by atoms with E-state index in [1.165, 1.54) is 0 Å². The van der Waals surface area contributed by atoms with Gasteiger partial charge in [-0.05, 0) is 36.2 Å². The molecule has 0 bridgehead atoms. The zero-order chi connectivity index (χ0) is 14.8. The van der Waals surface area contributed by atoms with Crippen LogP contribution in [0.25, 0.3) is 0 Å². The quantitative estimate of drug-likeness (QED) is 0.920. The second-order valence-corrected chi connectivity index (χ2v) is 4.89. The van der Waals surface area contributed by atoms with E-state index < -0.39 is 18.2 Å². The second-order valence-electron chi connectivity index (χ2n) is 4.89. The minimum Gasteiger partial charge on any atom is -0.491 e. The van der Waals surface area contributed by atoms with Crippen LogP contribution < -0.4 is 9.64 Å². The van der Waals surface area contributed by atoms with Crippen LogP contribution in [0, 0.1) is 11.6 Å². The minimum absolute atomic E-state index is 0.106. The van der Waals surface area contributed by atoms with E-state index in [1.54, 1.807) is 23.1 Å². The molecule has 5 heteroatoms. The summed E-state index contributed by atoms with van der Waals surface area (Å²) in [6, 6.07) is 9.51. The number of fused-ring (bicyclic) bond motifs is 1. The number of halogens is 2. The van der Waals surface area contributed by atoms with Crippen molar-refractivity contribution in [2.45, 2.75) is 13.0 Å². The van der Waals surface area contributed by atoms with E-state index in [0.29, 0.717) is 31.0 Å². The van der Waals surface area contributed by atoms with Crippen molar-refractivity contribution in [3.05, 3.63) is 53.6 Å². The van der Waals surface area contributed by atoms with Crippen molar-refractivity contribution < 1.29 is 18.6 Å². The highest BCUT2D eigenvalue weighted by atomic mass is 19.1. The zero-order valence-corrected chi connectivity index (χ0v) is 11.4. The van der Waals surface area contributed by atoms with Crippen LogP contribution in [0.3, 0.4) is 0 Å². The fourth-order valence-corrected chi connectivity index (χ4v) is 2.53. The predicted octanol–water partition coefficient (Wildman–Crippen LogP) is 3.38. The lowest BCUT2D eigenvalue weighted by Crippen LogP contribution is -2.20. The van der Waals surface area contributed by atoms with E-state index in [1.807, 2.05) is 6.07 Å². The van der Waals surface area contributed by atoms with Crippen LogP contribution >= 0.6 is 0 Å². The molecule has 0 atom stereocenters. The summed E-state index contributed by atoms with van der Waals surface area (Å²) in [6.07, 6.45) is 0.662. The van der Waals surface area contributed by atoms with Gasteiger partial charge in [-0.25, -0.2) is 8.78 Å². The molecule has 110 valence electrons. The molecule has 0 fully saturated rings. The number of ether oxygens (including phenoxy) is 1. The lowest BCUT2D eigenvalue weighted by atomic mass is 10.1. The van der Waals surface area contributed by atoms with Gasteiger partial charge in [-0.1, -0.05) is 12.1 Å². The first-order valence-electron chi connectivity index (χ1n) is 6.79. The molecule has 2 aromatic carbocycles. The summed E-state index contributed by atoms with van der Waals surface area (Å²) in [5.41, 5.74) is 0.753. The van der Waals surface area contributed by atoms with Crippen molar-refractivity contribution >= 4 is 11.4 Å². The van der Waals surface area contributed by atoms with Crippen molar-refractivity contribution in [2.24, 2.45) is 0 Å². The molecule has 1 aliphatic rings. The monoisotopic (exact) mass is 291 g/mol. The SMILES string of the molecule is OCc1cc(F)c(N2CCCOc3ccccc32)c(F)c1. The Balaban J connectivity index is 2.12. The third kappa shape index (κ3) is 2.56. The van der Waals surface area contributed by atoms with Gasteiger partial charge in [-0.15, -0.1) is 0 Å². The maximum atomic E-state index is 14.3. The first-order valence-corrected chi connectivity index (χ1v) is 6.79. The predicted molar refractivity (Wildman–Crippen MR) is 75.8 cm³/mol. The summed E-state index contributed by atoms with van der Waals surface area (Å²) in [6.45, 7) is 0.572. The maximum absolute atomic E-state index is 14.3. The van der Waals surface area contributed by atoms with Crippen LogP contribution in [0.2, 0.25) is 0 Å². The van der Waals surface area contributed by atoms with Crippen LogP contribution in [0.15, 0.2) is 36.4 Å². The smallest absolute Gasteiger partial charge is 0.150 e. The highest BCUT2D eigenvalue weighted by molar-refractivity contribution is 5.70. The summed E-state index contributed by atoms with van der Waals surface area (Å²) in [5.74, 6) is -0.758. The Hall–Kier alpha value is -2.14. The van der Waals surface area contributed by atoms with Gasteiger partial charge in [0.05, 0.1) is 18.9 Å². The van der Waals surface area contributed by atoms with Gasteiger partial charge in [0.2, 0.25) is 0 Å². The van der Waals surface area contributed by atoms with Gasteiger partial charge in [-0.2, -0.15) is 0 Å². The number of para-hydroxylation sites is 2. The summed E-state index contributed by atoms with van der Waals surface area (Å²) < 4.78 is 34.1. The molecule has 0 unspecified atom stereocenters. The maximum Gasteiger partial charge on any atom is 0.150 e. The zero-order valence-electron chi connectivity index (χ0n) is 11.4. The molecule has 1 N–H and O–H groups in total. The van der Waals surface area contributed by atoms with E-state index >= 15 is 0 Å². The van der Waals surface area contributed by atoms with Crippen LogP contribution in [0.5, 0.6) is 5.75 Å². The van der Waals surface area contributed by atoms with Crippen molar-refractivity contribution in [1.29, 1.82) is 0 Å². The Morgan fingerprint density at radius 3 is 2.57 bits per heavy atom. The number of rotatable bonds is 2. The summed E-state index contributed by atoms with van der Waals surface area (Å²) >= 11 is 0.